The molecule has 66 valence electrons. The summed E-state index contributed by atoms with van der Waals surface area (Å²) in [5.74, 6) is 0.487. The fourth-order valence-corrected chi connectivity index (χ4v) is 1.42. The molecule has 2 N–H and O–H groups in total. The number of aromatic nitrogens is 3. The van der Waals surface area contributed by atoms with E-state index in [-0.39, 0.29) is 0 Å². The van der Waals surface area contributed by atoms with Crippen LogP contribution in [0.1, 0.15) is 18.9 Å². The van der Waals surface area contributed by atoms with E-state index in [1.165, 1.54) is 0 Å². The van der Waals surface area contributed by atoms with Crippen molar-refractivity contribution in [2.75, 3.05) is 18.9 Å². The maximum Gasteiger partial charge on any atom is 0.165 e. The van der Waals surface area contributed by atoms with Crippen molar-refractivity contribution in [1.82, 2.24) is 15.0 Å². The Bertz CT molecular complexity index is 254. The lowest BCUT2D eigenvalue weighted by molar-refractivity contribution is 0.0657. The molecule has 5 heteroatoms. The maximum absolute atomic E-state index is 5.46. The Morgan fingerprint density at radius 3 is 2.83 bits per heavy atom. The first-order chi connectivity index (χ1) is 5.86. The zero-order valence-electron chi connectivity index (χ0n) is 6.81. The minimum atomic E-state index is 0.420. The van der Waals surface area contributed by atoms with Crippen LogP contribution in [0, 0.1) is 0 Å². The molecular weight excluding hydrogens is 156 g/mol. The number of anilines is 1. The number of hydrogen-bond acceptors (Lipinski definition) is 4. The van der Waals surface area contributed by atoms with E-state index in [1.54, 1.807) is 6.20 Å². The molecule has 0 saturated carbocycles. The largest absolute Gasteiger partial charge is 0.381 e. The summed E-state index contributed by atoms with van der Waals surface area (Å²) < 4.78 is 7.07. The van der Waals surface area contributed by atoms with Gasteiger partial charge in [0, 0.05) is 13.2 Å². The van der Waals surface area contributed by atoms with Crippen LogP contribution in [0.15, 0.2) is 6.20 Å². The van der Waals surface area contributed by atoms with Crippen molar-refractivity contribution < 1.29 is 4.74 Å². The van der Waals surface area contributed by atoms with Gasteiger partial charge in [0.1, 0.15) is 0 Å². The molecule has 1 aromatic heterocycles. The summed E-state index contributed by atoms with van der Waals surface area (Å²) in [6.07, 6.45) is 3.78. The molecule has 2 heterocycles. The Hall–Kier alpha value is -1.10. The quantitative estimate of drug-likeness (QED) is 0.651. The molecule has 0 amide bonds. The van der Waals surface area contributed by atoms with Crippen LogP contribution >= 0.6 is 0 Å². The second-order valence-corrected chi connectivity index (χ2v) is 2.97. The highest BCUT2D eigenvalue weighted by Crippen LogP contribution is 2.19. The number of rotatable bonds is 1. The van der Waals surface area contributed by atoms with E-state index in [0.717, 1.165) is 26.1 Å². The molecule has 1 aliphatic heterocycles. The maximum atomic E-state index is 5.46. The van der Waals surface area contributed by atoms with Crippen LogP contribution in [0.5, 0.6) is 0 Å². The summed E-state index contributed by atoms with van der Waals surface area (Å²) >= 11 is 0. The molecule has 0 aliphatic carbocycles. The van der Waals surface area contributed by atoms with Gasteiger partial charge in [0.2, 0.25) is 0 Å². The van der Waals surface area contributed by atoms with Crippen molar-refractivity contribution in [2.24, 2.45) is 0 Å². The zero-order chi connectivity index (χ0) is 8.39. The SMILES string of the molecule is Nc1cn(C2CCOCC2)nn1. The molecular formula is C7H12N4O. The number of nitrogens with two attached hydrogens (primary N) is 1. The Labute approximate surface area is 70.5 Å². The van der Waals surface area contributed by atoms with Crippen LogP contribution in [-0.4, -0.2) is 28.2 Å². The Morgan fingerprint density at radius 1 is 1.50 bits per heavy atom. The van der Waals surface area contributed by atoms with Gasteiger partial charge in [0.15, 0.2) is 5.82 Å². The lowest BCUT2D eigenvalue weighted by Crippen LogP contribution is -2.19. The van der Waals surface area contributed by atoms with Gasteiger partial charge in [-0.2, -0.15) is 0 Å². The number of hydrogen-bond donors (Lipinski definition) is 1. The van der Waals surface area contributed by atoms with Gasteiger partial charge >= 0.3 is 0 Å². The highest BCUT2D eigenvalue weighted by molar-refractivity contribution is 5.20. The number of ether oxygens (including phenoxy) is 1. The summed E-state index contributed by atoms with van der Waals surface area (Å²) in [5, 5.41) is 7.67. The molecule has 0 spiro atoms. The zero-order valence-corrected chi connectivity index (χ0v) is 6.81. The van der Waals surface area contributed by atoms with Crippen LogP contribution in [0.3, 0.4) is 0 Å². The predicted octanol–water partition coefficient (Wildman–Crippen LogP) is 0.212. The molecule has 1 aliphatic rings. The first-order valence-electron chi connectivity index (χ1n) is 4.11. The van der Waals surface area contributed by atoms with Crippen molar-refractivity contribution in [3.63, 3.8) is 0 Å². The van der Waals surface area contributed by atoms with Gasteiger partial charge in [0.05, 0.1) is 12.2 Å². The summed E-state index contributed by atoms with van der Waals surface area (Å²) in [6, 6.07) is 0.420. The fraction of sp³-hybridized carbons (Fsp3) is 0.714. The molecule has 12 heavy (non-hydrogen) atoms. The molecule has 1 saturated heterocycles. The predicted molar refractivity (Wildman–Crippen MR) is 43.5 cm³/mol. The van der Waals surface area contributed by atoms with Gasteiger partial charge < -0.3 is 10.5 Å². The van der Waals surface area contributed by atoms with Crippen LogP contribution in [-0.2, 0) is 4.74 Å². The molecule has 0 aromatic carbocycles. The second kappa shape index (κ2) is 3.10. The Balaban J connectivity index is 2.08. The van der Waals surface area contributed by atoms with Gasteiger partial charge in [-0.15, -0.1) is 5.10 Å². The van der Waals surface area contributed by atoms with Gasteiger partial charge in [-0.05, 0) is 12.8 Å². The summed E-state index contributed by atoms with van der Waals surface area (Å²) in [4.78, 5) is 0. The van der Waals surface area contributed by atoms with E-state index in [2.05, 4.69) is 10.3 Å². The van der Waals surface area contributed by atoms with E-state index < -0.39 is 0 Å². The van der Waals surface area contributed by atoms with Gasteiger partial charge in [0.25, 0.3) is 0 Å². The summed E-state index contributed by atoms with van der Waals surface area (Å²) in [6.45, 7) is 1.62. The van der Waals surface area contributed by atoms with Crippen molar-refractivity contribution in [3.8, 4) is 0 Å². The minimum Gasteiger partial charge on any atom is -0.381 e. The lowest BCUT2D eigenvalue weighted by Gasteiger charge is -2.21. The van der Waals surface area contributed by atoms with Gasteiger partial charge in [-0.3, -0.25) is 0 Å². The minimum absolute atomic E-state index is 0.420. The van der Waals surface area contributed by atoms with Crippen LogP contribution in [0.4, 0.5) is 5.82 Å². The third kappa shape index (κ3) is 1.40. The van der Waals surface area contributed by atoms with Gasteiger partial charge in [-0.25, -0.2) is 4.68 Å². The van der Waals surface area contributed by atoms with E-state index in [1.807, 2.05) is 4.68 Å². The highest BCUT2D eigenvalue weighted by Gasteiger charge is 2.16. The molecule has 0 radical (unpaired) electrons. The van der Waals surface area contributed by atoms with Crippen molar-refractivity contribution >= 4 is 5.82 Å². The molecule has 5 nitrogen and oxygen atoms in total. The van der Waals surface area contributed by atoms with Crippen LogP contribution in [0.25, 0.3) is 0 Å². The molecule has 0 unspecified atom stereocenters. The topological polar surface area (TPSA) is 66.0 Å². The Morgan fingerprint density at radius 2 is 2.25 bits per heavy atom. The molecule has 2 rings (SSSR count). The molecule has 1 aromatic rings. The first-order valence-corrected chi connectivity index (χ1v) is 4.11. The van der Waals surface area contributed by atoms with Crippen molar-refractivity contribution in [3.05, 3.63) is 6.20 Å². The lowest BCUT2D eigenvalue weighted by atomic mass is 10.1. The number of nitrogen functional groups attached to an aromatic ring is 1. The van der Waals surface area contributed by atoms with E-state index in [0.29, 0.717) is 11.9 Å². The molecule has 1 fully saturated rings. The highest BCUT2D eigenvalue weighted by atomic mass is 16.5. The second-order valence-electron chi connectivity index (χ2n) is 2.97. The smallest absolute Gasteiger partial charge is 0.165 e. The average molecular weight is 168 g/mol. The molecule has 0 atom stereocenters. The van der Waals surface area contributed by atoms with Crippen molar-refractivity contribution in [1.29, 1.82) is 0 Å². The molecule has 0 bridgehead atoms. The Kier molecular flexibility index (Phi) is 1.95. The third-order valence-electron chi connectivity index (χ3n) is 2.09. The van der Waals surface area contributed by atoms with Crippen LogP contribution in [0.2, 0.25) is 0 Å². The average Bonchev–Trinajstić information content (AvgIpc) is 2.54. The van der Waals surface area contributed by atoms with E-state index in [4.69, 9.17) is 10.5 Å². The van der Waals surface area contributed by atoms with E-state index in [9.17, 15) is 0 Å². The van der Waals surface area contributed by atoms with Crippen molar-refractivity contribution in [2.45, 2.75) is 18.9 Å². The normalized spacial score (nSPS) is 19.7. The number of nitrogens with zero attached hydrogens (tertiary/aromatic N) is 3. The standard InChI is InChI=1S/C7H12N4O/c8-7-5-11(10-9-7)6-1-3-12-4-2-6/h5-6H,1-4,8H2. The monoisotopic (exact) mass is 168 g/mol. The van der Waals surface area contributed by atoms with Crippen LogP contribution < -0.4 is 5.73 Å². The van der Waals surface area contributed by atoms with Gasteiger partial charge in [-0.1, -0.05) is 5.21 Å². The fourth-order valence-electron chi connectivity index (χ4n) is 1.42. The van der Waals surface area contributed by atoms with E-state index >= 15 is 0 Å². The first kappa shape index (κ1) is 7.54. The summed E-state index contributed by atoms with van der Waals surface area (Å²) in [5.41, 5.74) is 5.46. The summed E-state index contributed by atoms with van der Waals surface area (Å²) in [7, 11) is 0. The third-order valence-corrected chi connectivity index (χ3v) is 2.09.